The summed E-state index contributed by atoms with van der Waals surface area (Å²) in [5.41, 5.74) is 1.91. The Bertz CT molecular complexity index is 693. The molecule has 0 unspecified atom stereocenters. The molecule has 3 rings (SSSR count). The molecule has 2 heterocycles. The van der Waals surface area contributed by atoms with Gasteiger partial charge < -0.3 is 19.5 Å². The van der Waals surface area contributed by atoms with Crippen LogP contribution in [0.1, 0.15) is 23.7 Å². The summed E-state index contributed by atoms with van der Waals surface area (Å²) in [6, 6.07) is 9.68. The van der Waals surface area contributed by atoms with Gasteiger partial charge in [-0.25, -0.2) is 4.98 Å². The van der Waals surface area contributed by atoms with Crippen molar-refractivity contribution in [1.82, 2.24) is 9.97 Å². The molecule has 0 amide bonds. The number of ether oxygens (including phenoxy) is 2. The Kier molecular flexibility index (Phi) is 4.34. The van der Waals surface area contributed by atoms with Crippen LogP contribution in [0.4, 0.5) is 5.95 Å². The molecule has 0 aliphatic carbocycles. The van der Waals surface area contributed by atoms with E-state index < -0.39 is 6.10 Å². The van der Waals surface area contributed by atoms with E-state index in [0.717, 1.165) is 17.0 Å². The molecule has 1 saturated heterocycles. The Morgan fingerprint density at radius 1 is 1.17 bits per heavy atom. The normalized spacial score (nSPS) is 20.6. The minimum absolute atomic E-state index is 0.00612. The van der Waals surface area contributed by atoms with Crippen LogP contribution in [0.5, 0.6) is 11.6 Å². The van der Waals surface area contributed by atoms with Crippen LogP contribution in [0, 0.1) is 6.92 Å². The molecule has 6 nitrogen and oxygen atoms in total. The first-order valence-electron chi connectivity index (χ1n) is 7.59. The highest BCUT2D eigenvalue weighted by molar-refractivity contribution is 5.43. The summed E-state index contributed by atoms with van der Waals surface area (Å²) < 4.78 is 10.5. The van der Waals surface area contributed by atoms with Crippen molar-refractivity contribution in [2.45, 2.75) is 25.5 Å². The average molecular weight is 315 g/mol. The lowest BCUT2D eigenvalue weighted by molar-refractivity contribution is 0.194. The monoisotopic (exact) mass is 315 g/mol. The topological polar surface area (TPSA) is 67.7 Å². The van der Waals surface area contributed by atoms with E-state index in [1.807, 2.05) is 36.1 Å². The fraction of sp³-hybridized carbons (Fsp3) is 0.412. The number of hydrogen-bond acceptors (Lipinski definition) is 6. The van der Waals surface area contributed by atoms with Crippen molar-refractivity contribution in [1.29, 1.82) is 0 Å². The van der Waals surface area contributed by atoms with E-state index >= 15 is 0 Å². The van der Waals surface area contributed by atoms with Gasteiger partial charge in [-0.1, -0.05) is 12.1 Å². The van der Waals surface area contributed by atoms with E-state index in [-0.39, 0.29) is 6.04 Å². The zero-order chi connectivity index (χ0) is 16.4. The van der Waals surface area contributed by atoms with Gasteiger partial charge in [-0.3, -0.25) is 0 Å². The number of methoxy groups -OCH3 is 2. The van der Waals surface area contributed by atoms with Crippen molar-refractivity contribution in [2.75, 3.05) is 25.7 Å². The zero-order valence-electron chi connectivity index (χ0n) is 13.6. The molecule has 1 fully saturated rings. The molecule has 0 spiro atoms. The molecule has 0 saturated carbocycles. The highest BCUT2D eigenvalue weighted by atomic mass is 16.5. The van der Waals surface area contributed by atoms with Crippen molar-refractivity contribution in [3.8, 4) is 11.6 Å². The molecule has 0 bridgehead atoms. The summed E-state index contributed by atoms with van der Waals surface area (Å²) in [6.45, 7) is 2.40. The van der Waals surface area contributed by atoms with Crippen molar-refractivity contribution >= 4 is 5.95 Å². The molecule has 1 N–H and O–H groups in total. The van der Waals surface area contributed by atoms with Crippen molar-refractivity contribution in [3.63, 3.8) is 0 Å². The van der Waals surface area contributed by atoms with E-state index in [1.54, 1.807) is 20.3 Å². The van der Waals surface area contributed by atoms with Crippen LogP contribution in [0.25, 0.3) is 0 Å². The quantitative estimate of drug-likeness (QED) is 0.932. The maximum Gasteiger partial charge on any atom is 0.229 e. The van der Waals surface area contributed by atoms with Crippen LogP contribution in [0.15, 0.2) is 30.3 Å². The number of aromatic nitrogens is 2. The summed E-state index contributed by atoms with van der Waals surface area (Å²) in [7, 11) is 3.23. The lowest BCUT2D eigenvalue weighted by Crippen LogP contribution is -2.26. The summed E-state index contributed by atoms with van der Waals surface area (Å²) in [5.74, 6) is 1.90. The second-order valence-electron chi connectivity index (χ2n) is 5.69. The number of rotatable bonds is 4. The Labute approximate surface area is 135 Å². The summed E-state index contributed by atoms with van der Waals surface area (Å²) in [6.07, 6.45) is 0.216. The zero-order valence-corrected chi connectivity index (χ0v) is 13.6. The summed E-state index contributed by atoms with van der Waals surface area (Å²) in [4.78, 5) is 11.0. The number of benzene rings is 1. The second-order valence-corrected chi connectivity index (χ2v) is 5.69. The van der Waals surface area contributed by atoms with E-state index in [9.17, 15) is 5.11 Å². The average Bonchev–Trinajstić information content (AvgIpc) is 2.96. The lowest BCUT2D eigenvalue weighted by atomic mass is 10.0. The molecule has 23 heavy (non-hydrogen) atoms. The van der Waals surface area contributed by atoms with Gasteiger partial charge in [0.1, 0.15) is 5.75 Å². The first-order valence-corrected chi connectivity index (χ1v) is 7.59. The van der Waals surface area contributed by atoms with E-state index in [2.05, 4.69) is 9.97 Å². The Balaban J connectivity index is 1.98. The van der Waals surface area contributed by atoms with Crippen molar-refractivity contribution in [2.24, 2.45) is 0 Å². The molecule has 6 heteroatoms. The third-order valence-electron chi connectivity index (χ3n) is 4.04. The Morgan fingerprint density at radius 2 is 2.00 bits per heavy atom. The smallest absolute Gasteiger partial charge is 0.229 e. The number of nitrogens with zero attached hydrogens (tertiary/aromatic N) is 3. The molecular formula is C17H21N3O3. The molecular weight excluding hydrogens is 294 g/mol. The van der Waals surface area contributed by atoms with E-state index in [0.29, 0.717) is 24.8 Å². The summed E-state index contributed by atoms with van der Waals surface area (Å²) >= 11 is 0. The van der Waals surface area contributed by atoms with E-state index in [4.69, 9.17) is 9.47 Å². The van der Waals surface area contributed by atoms with Crippen molar-refractivity contribution < 1.29 is 14.6 Å². The van der Waals surface area contributed by atoms with Gasteiger partial charge in [-0.05, 0) is 31.0 Å². The summed E-state index contributed by atoms with van der Waals surface area (Å²) in [5, 5.41) is 10.2. The SMILES string of the molecule is COc1cccc([C@H]2C[C@@H](O)CN2c2nc(C)cc(OC)n2)c1. The standard InChI is InChI=1S/C17H21N3O3/c1-11-7-16(23-3)19-17(18-11)20-10-13(21)9-15(20)12-5-4-6-14(8-12)22-2/h4-8,13,15,21H,9-10H2,1-3H3/t13-,15-/m1/s1. The van der Waals surface area contributed by atoms with Gasteiger partial charge >= 0.3 is 0 Å². The van der Waals surface area contributed by atoms with Crippen LogP contribution in [-0.2, 0) is 0 Å². The lowest BCUT2D eigenvalue weighted by Gasteiger charge is -2.25. The van der Waals surface area contributed by atoms with Gasteiger partial charge in [0, 0.05) is 18.3 Å². The number of aryl methyl sites for hydroxylation is 1. The minimum atomic E-state index is -0.415. The number of β-amino-alcohol motifs (C(OH)–C–C–N with tert-alkyl or cyclic N) is 1. The fourth-order valence-corrected chi connectivity index (χ4v) is 2.96. The molecule has 1 aromatic heterocycles. The Hall–Kier alpha value is -2.34. The van der Waals surface area contributed by atoms with Gasteiger partial charge in [-0.15, -0.1) is 0 Å². The first kappa shape index (κ1) is 15.6. The third kappa shape index (κ3) is 3.22. The van der Waals surface area contributed by atoms with Crippen LogP contribution in [-0.4, -0.2) is 41.9 Å². The number of aliphatic hydroxyl groups is 1. The molecule has 1 aliphatic rings. The molecule has 122 valence electrons. The second kappa shape index (κ2) is 6.42. The van der Waals surface area contributed by atoms with Gasteiger partial charge in [0.05, 0.1) is 26.4 Å². The first-order chi connectivity index (χ1) is 11.1. The third-order valence-corrected chi connectivity index (χ3v) is 4.04. The van der Waals surface area contributed by atoms with E-state index in [1.165, 1.54) is 0 Å². The number of anilines is 1. The predicted octanol–water partition coefficient (Wildman–Crippen LogP) is 2.11. The number of hydrogen-bond donors (Lipinski definition) is 1. The van der Waals surface area contributed by atoms with Crippen LogP contribution >= 0.6 is 0 Å². The van der Waals surface area contributed by atoms with Crippen molar-refractivity contribution in [3.05, 3.63) is 41.6 Å². The van der Waals surface area contributed by atoms with Gasteiger partial charge in [0.2, 0.25) is 11.8 Å². The van der Waals surface area contributed by atoms with Gasteiger partial charge in [0.25, 0.3) is 0 Å². The molecule has 1 aromatic carbocycles. The fourth-order valence-electron chi connectivity index (χ4n) is 2.96. The maximum atomic E-state index is 10.2. The molecule has 0 radical (unpaired) electrons. The molecule has 2 atom stereocenters. The highest BCUT2D eigenvalue weighted by Crippen LogP contribution is 2.36. The maximum absolute atomic E-state index is 10.2. The van der Waals surface area contributed by atoms with Gasteiger partial charge in [0.15, 0.2) is 0 Å². The minimum Gasteiger partial charge on any atom is -0.497 e. The largest absolute Gasteiger partial charge is 0.497 e. The molecule has 1 aliphatic heterocycles. The number of aliphatic hydroxyl groups excluding tert-OH is 1. The van der Waals surface area contributed by atoms with Crippen LogP contribution < -0.4 is 14.4 Å². The van der Waals surface area contributed by atoms with Crippen LogP contribution in [0.3, 0.4) is 0 Å². The molecule has 2 aromatic rings. The van der Waals surface area contributed by atoms with Gasteiger partial charge in [-0.2, -0.15) is 4.98 Å². The van der Waals surface area contributed by atoms with Crippen LogP contribution in [0.2, 0.25) is 0 Å². The highest BCUT2D eigenvalue weighted by Gasteiger charge is 2.34. The Morgan fingerprint density at radius 3 is 2.74 bits per heavy atom. The predicted molar refractivity (Wildman–Crippen MR) is 87.0 cm³/mol.